The Bertz CT molecular complexity index is 438. The molecule has 4 saturated heterocycles. The van der Waals surface area contributed by atoms with Crippen molar-refractivity contribution in [2.24, 2.45) is 11.8 Å². The second-order valence-electron chi connectivity index (χ2n) is 6.49. The monoisotopic (exact) mass is 297 g/mol. The zero-order valence-corrected chi connectivity index (χ0v) is 12.4. The molecule has 0 aromatic carbocycles. The van der Waals surface area contributed by atoms with E-state index in [1.165, 1.54) is 0 Å². The Kier molecular flexibility index (Phi) is 3.37. The topological polar surface area (TPSA) is 60.4 Å². The summed E-state index contributed by atoms with van der Waals surface area (Å²) >= 11 is 0. The molecule has 0 radical (unpaired) electrons. The van der Waals surface area contributed by atoms with Gasteiger partial charge < -0.3 is 24.1 Å². The molecule has 4 bridgehead atoms. The first-order valence-electron chi connectivity index (χ1n) is 7.68. The largest absolute Gasteiger partial charge is 0.390 e. The Morgan fingerprint density at radius 2 is 2.19 bits per heavy atom. The van der Waals surface area contributed by atoms with Crippen LogP contribution in [-0.4, -0.2) is 74.2 Å². The van der Waals surface area contributed by atoms with Gasteiger partial charge in [-0.05, 0) is 17.9 Å². The number of hydrogen-bond acceptors (Lipinski definition) is 6. The fraction of sp³-hybridized carbons (Fsp3) is 0.867. The van der Waals surface area contributed by atoms with Gasteiger partial charge in [0.25, 0.3) is 0 Å². The zero-order chi connectivity index (χ0) is 14.6. The van der Waals surface area contributed by atoms with Crippen molar-refractivity contribution in [3.8, 4) is 0 Å². The average Bonchev–Trinajstić information content (AvgIpc) is 2.75. The van der Waals surface area contributed by atoms with E-state index >= 15 is 0 Å². The van der Waals surface area contributed by atoms with Crippen molar-refractivity contribution in [2.45, 2.75) is 30.7 Å². The van der Waals surface area contributed by atoms with Crippen molar-refractivity contribution in [1.82, 2.24) is 4.90 Å². The van der Waals surface area contributed by atoms with Gasteiger partial charge in [0.1, 0.15) is 5.60 Å². The summed E-state index contributed by atoms with van der Waals surface area (Å²) < 4.78 is 22.9. The van der Waals surface area contributed by atoms with Crippen LogP contribution in [0.4, 0.5) is 0 Å². The van der Waals surface area contributed by atoms with E-state index in [9.17, 15) is 5.11 Å². The maximum Gasteiger partial charge on any atom is 0.183 e. The lowest BCUT2D eigenvalue weighted by Crippen LogP contribution is -2.67. The van der Waals surface area contributed by atoms with Crippen LogP contribution < -0.4 is 0 Å². The average molecular weight is 297 g/mol. The molecule has 5 fully saturated rings. The van der Waals surface area contributed by atoms with Crippen LogP contribution in [0.3, 0.4) is 0 Å². The van der Waals surface area contributed by atoms with Gasteiger partial charge in [-0.15, -0.1) is 0 Å². The smallest absolute Gasteiger partial charge is 0.183 e. The van der Waals surface area contributed by atoms with Gasteiger partial charge in [-0.3, -0.25) is 4.90 Å². The number of ether oxygens (including phenoxy) is 4. The van der Waals surface area contributed by atoms with Gasteiger partial charge in [0.2, 0.25) is 0 Å². The molecular weight excluding hydrogens is 274 g/mol. The Labute approximate surface area is 124 Å². The van der Waals surface area contributed by atoms with Gasteiger partial charge in [-0.25, -0.2) is 0 Å². The summed E-state index contributed by atoms with van der Waals surface area (Å²) in [6.45, 7) is 8.03. The molecule has 1 saturated carbocycles. The van der Waals surface area contributed by atoms with E-state index in [4.69, 9.17) is 18.9 Å². The van der Waals surface area contributed by atoms with E-state index in [1.807, 2.05) is 0 Å². The van der Waals surface area contributed by atoms with Crippen molar-refractivity contribution in [3.63, 3.8) is 0 Å². The molecular formula is C15H23NO5. The molecule has 1 aliphatic carbocycles. The minimum atomic E-state index is -0.604. The Hall–Kier alpha value is -0.500. The standard InChI is InChI=1S/C15H23NO5/c1-9-10-7-11(17)15(8-16-3-5-19-6-4-16)12(10)14(18-2)20-13(9)21-15/h10-14,17H,1,3-8H2,2H3/t10?,11-,12?,13?,14?,15?/m1/s1. The van der Waals surface area contributed by atoms with E-state index in [1.54, 1.807) is 7.11 Å². The molecule has 5 rings (SSSR count). The molecule has 4 heterocycles. The number of morpholine rings is 1. The molecule has 6 nitrogen and oxygen atoms in total. The number of nitrogens with zero attached hydrogens (tertiary/aromatic N) is 1. The highest BCUT2D eigenvalue weighted by atomic mass is 16.8. The Balaban J connectivity index is 1.64. The van der Waals surface area contributed by atoms with Crippen LogP contribution in [0, 0.1) is 11.8 Å². The summed E-state index contributed by atoms with van der Waals surface area (Å²) in [6.07, 6.45) is -0.590. The lowest BCUT2D eigenvalue weighted by Gasteiger charge is -2.55. The zero-order valence-electron chi connectivity index (χ0n) is 12.4. The van der Waals surface area contributed by atoms with Crippen LogP contribution in [0.15, 0.2) is 12.2 Å². The Morgan fingerprint density at radius 3 is 2.90 bits per heavy atom. The quantitative estimate of drug-likeness (QED) is 0.738. The summed E-state index contributed by atoms with van der Waals surface area (Å²) in [5.74, 6) is 0.233. The van der Waals surface area contributed by atoms with E-state index in [0.29, 0.717) is 13.0 Å². The van der Waals surface area contributed by atoms with Gasteiger partial charge in [-0.1, -0.05) is 6.58 Å². The van der Waals surface area contributed by atoms with Crippen LogP contribution in [0.5, 0.6) is 0 Å². The van der Waals surface area contributed by atoms with E-state index in [0.717, 1.165) is 31.9 Å². The van der Waals surface area contributed by atoms with Crippen molar-refractivity contribution < 1.29 is 24.1 Å². The molecule has 0 spiro atoms. The summed E-state index contributed by atoms with van der Waals surface area (Å²) in [6, 6.07) is 0. The molecule has 5 unspecified atom stereocenters. The molecule has 1 N–H and O–H groups in total. The number of rotatable bonds is 3. The predicted octanol–water partition coefficient (Wildman–Crippen LogP) is -0.0304. The SMILES string of the molecule is C=C1C2OC(OC)C3C1C[C@@H](O)C3(CN1CCOCC1)O2. The van der Waals surface area contributed by atoms with Crippen LogP contribution in [0.25, 0.3) is 0 Å². The molecule has 21 heavy (non-hydrogen) atoms. The number of methoxy groups -OCH3 is 1. The maximum atomic E-state index is 10.7. The van der Waals surface area contributed by atoms with Crippen LogP contribution in [-0.2, 0) is 18.9 Å². The first-order valence-corrected chi connectivity index (χ1v) is 7.68. The fourth-order valence-corrected chi connectivity index (χ4v) is 4.44. The summed E-state index contributed by atoms with van der Waals surface area (Å²) in [7, 11) is 1.66. The molecule has 6 heteroatoms. The van der Waals surface area contributed by atoms with Gasteiger partial charge >= 0.3 is 0 Å². The Morgan fingerprint density at radius 1 is 1.43 bits per heavy atom. The minimum absolute atomic E-state index is 0.0119. The van der Waals surface area contributed by atoms with E-state index in [-0.39, 0.29) is 18.1 Å². The van der Waals surface area contributed by atoms with Crippen LogP contribution in [0.1, 0.15) is 6.42 Å². The molecule has 0 aromatic rings. The molecule has 6 atom stereocenters. The number of aliphatic hydroxyl groups is 1. The molecule has 5 aliphatic rings. The van der Waals surface area contributed by atoms with Crippen molar-refractivity contribution in [1.29, 1.82) is 0 Å². The highest BCUT2D eigenvalue weighted by molar-refractivity contribution is 5.25. The number of hydrogen-bond donors (Lipinski definition) is 1. The lowest BCUT2D eigenvalue weighted by molar-refractivity contribution is -0.376. The third-order valence-electron chi connectivity index (χ3n) is 5.50. The first kappa shape index (κ1) is 14.1. The van der Waals surface area contributed by atoms with Gasteiger partial charge in [0.15, 0.2) is 12.6 Å². The maximum absolute atomic E-state index is 10.7. The predicted molar refractivity (Wildman–Crippen MR) is 73.5 cm³/mol. The summed E-state index contributed by atoms with van der Waals surface area (Å²) in [5.41, 5.74) is 0.342. The van der Waals surface area contributed by atoms with Crippen LogP contribution >= 0.6 is 0 Å². The van der Waals surface area contributed by atoms with Gasteiger partial charge in [0, 0.05) is 32.7 Å². The van der Waals surface area contributed by atoms with Crippen molar-refractivity contribution in [2.75, 3.05) is 40.0 Å². The van der Waals surface area contributed by atoms with Crippen molar-refractivity contribution in [3.05, 3.63) is 12.2 Å². The highest BCUT2D eigenvalue weighted by Gasteiger charge is 2.68. The fourth-order valence-electron chi connectivity index (χ4n) is 4.44. The first-order chi connectivity index (χ1) is 10.2. The normalized spacial score (nSPS) is 49.8. The number of aliphatic hydroxyl groups excluding tert-OH is 1. The van der Waals surface area contributed by atoms with Crippen molar-refractivity contribution >= 4 is 0 Å². The van der Waals surface area contributed by atoms with Gasteiger partial charge in [0.05, 0.1) is 19.3 Å². The second kappa shape index (κ2) is 5.01. The molecule has 4 aliphatic heterocycles. The lowest BCUT2D eigenvalue weighted by atomic mass is 9.76. The van der Waals surface area contributed by atoms with E-state index in [2.05, 4.69) is 11.5 Å². The minimum Gasteiger partial charge on any atom is -0.390 e. The number of fused-ring (bicyclic) bond motifs is 1. The third-order valence-corrected chi connectivity index (χ3v) is 5.50. The van der Waals surface area contributed by atoms with Crippen LogP contribution in [0.2, 0.25) is 0 Å². The summed E-state index contributed by atoms with van der Waals surface area (Å²) in [4.78, 5) is 2.31. The van der Waals surface area contributed by atoms with E-state index < -0.39 is 18.0 Å². The molecule has 118 valence electrons. The summed E-state index contributed by atoms with van der Waals surface area (Å²) in [5, 5.41) is 10.7. The highest BCUT2D eigenvalue weighted by Crippen LogP contribution is 2.58. The molecule has 0 amide bonds. The third kappa shape index (κ3) is 1.94. The second-order valence-corrected chi connectivity index (χ2v) is 6.49. The van der Waals surface area contributed by atoms with Gasteiger partial charge in [-0.2, -0.15) is 0 Å². The molecule has 0 aromatic heterocycles.